The number of nitrogen functional groups attached to an aromatic ring is 1. The Morgan fingerprint density at radius 3 is 2.81 bits per heavy atom. The van der Waals surface area contributed by atoms with Crippen molar-refractivity contribution in [2.45, 2.75) is 13.3 Å². The summed E-state index contributed by atoms with van der Waals surface area (Å²) in [5.41, 5.74) is 7.08. The fraction of sp³-hybridized carbons (Fsp3) is 0.167. The lowest BCUT2D eigenvalue weighted by molar-refractivity contribution is 0.0698. The van der Waals surface area contributed by atoms with Crippen molar-refractivity contribution in [2.75, 3.05) is 5.73 Å². The zero-order valence-corrected chi connectivity index (χ0v) is 8.74. The number of hydrogen-bond donors (Lipinski definition) is 2. The number of nitriles is 1. The molecule has 1 rings (SSSR count). The second-order valence-electron chi connectivity index (χ2n) is 3.22. The van der Waals surface area contributed by atoms with Gasteiger partial charge >= 0.3 is 5.97 Å². The van der Waals surface area contributed by atoms with E-state index in [0.717, 1.165) is 5.56 Å². The first-order valence-electron chi connectivity index (χ1n) is 4.55. The predicted molar refractivity (Wildman–Crippen MR) is 59.7 cm³/mol. The summed E-state index contributed by atoms with van der Waals surface area (Å²) in [5, 5.41) is 17.2. The lowest BCUT2D eigenvalue weighted by atomic mass is 10.0. The monoisotopic (exact) mass is 214 g/mol. The Morgan fingerprint density at radius 1 is 1.56 bits per heavy atom. The van der Waals surface area contributed by atoms with Crippen LogP contribution in [0.15, 0.2) is 12.1 Å². The van der Waals surface area contributed by atoms with Gasteiger partial charge in [-0.3, -0.25) is 0 Å². The summed E-state index contributed by atoms with van der Waals surface area (Å²) in [7, 11) is 0. The Bertz CT molecular complexity index is 530. The summed E-state index contributed by atoms with van der Waals surface area (Å²) in [5.74, 6) is 4.21. The summed E-state index contributed by atoms with van der Waals surface area (Å²) in [6, 6.07) is 5.07. The summed E-state index contributed by atoms with van der Waals surface area (Å²) >= 11 is 0. The van der Waals surface area contributed by atoms with Crippen LogP contribution in [-0.4, -0.2) is 11.1 Å². The number of carboxylic acid groups (broad SMARTS) is 1. The smallest absolute Gasteiger partial charge is 0.337 e. The molecule has 0 aliphatic rings. The van der Waals surface area contributed by atoms with Crippen molar-refractivity contribution in [1.82, 2.24) is 0 Å². The first kappa shape index (κ1) is 11.6. The van der Waals surface area contributed by atoms with Crippen LogP contribution in [0.25, 0.3) is 0 Å². The van der Waals surface area contributed by atoms with Gasteiger partial charge in [-0.25, -0.2) is 4.79 Å². The second kappa shape index (κ2) is 4.86. The molecule has 0 saturated carbocycles. The van der Waals surface area contributed by atoms with Gasteiger partial charge in [0.25, 0.3) is 0 Å². The van der Waals surface area contributed by atoms with Crippen LogP contribution >= 0.6 is 0 Å². The number of aryl methyl sites for hydroxylation is 1. The molecule has 0 heterocycles. The summed E-state index contributed by atoms with van der Waals surface area (Å²) in [6.45, 7) is 1.77. The maximum absolute atomic E-state index is 10.9. The molecule has 4 heteroatoms. The SMILES string of the molecule is Cc1cc(C#CCC#N)c(N)c(C(=O)O)c1. The van der Waals surface area contributed by atoms with Crippen molar-refractivity contribution in [1.29, 1.82) is 5.26 Å². The van der Waals surface area contributed by atoms with Crippen molar-refractivity contribution >= 4 is 11.7 Å². The van der Waals surface area contributed by atoms with Crippen molar-refractivity contribution in [3.8, 4) is 17.9 Å². The average Bonchev–Trinajstić information content (AvgIpc) is 2.22. The molecule has 0 atom stereocenters. The molecule has 3 N–H and O–H groups in total. The van der Waals surface area contributed by atoms with Crippen molar-refractivity contribution in [3.05, 3.63) is 28.8 Å². The van der Waals surface area contributed by atoms with Crippen molar-refractivity contribution in [2.24, 2.45) is 0 Å². The quantitative estimate of drug-likeness (QED) is 0.548. The Morgan fingerprint density at radius 2 is 2.25 bits per heavy atom. The zero-order valence-electron chi connectivity index (χ0n) is 8.74. The summed E-state index contributed by atoms with van der Waals surface area (Å²) in [4.78, 5) is 10.9. The molecule has 0 aliphatic heterocycles. The van der Waals surface area contributed by atoms with Gasteiger partial charge in [-0.15, -0.1) is 0 Å². The molecule has 0 saturated heterocycles. The van der Waals surface area contributed by atoms with E-state index < -0.39 is 5.97 Å². The molecular weight excluding hydrogens is 204 g/mol. The molecule has 0 unspecified atom stereocenters. The molecule has 0 bridgehead atoms. The Balaban J connectivity index is 3.27. The summed E-state index contributed by atoms with van der Waals surface area (Å²) < 4.78 is 0. The number of rotatable bonds is 1. The van der Waals surface area contributed by atoms with E-state index in [1.807, 2.05) is 6.07 Å². The highest BCUT2D eigenvalue weighted by molar-refractivity contribution is 5.95. The standard InChI is InChI=1S/C12H10N2O2/c1-8-6-9(4-2-3-5-13)11(14)10(7-8)12(15)16/h6-7H,3,14H2,1H3,(H,15,16). The second-order valence-corrected chi connectivity index (χ2v) is 3.22. The van der Waals surface area contributed by atoms with Crippen LogP contribution in [0.2, 0.25) is 0 Å². The molecule has 0 fully saturated rings. The van der Waals surface area contributed by atoms with Gasteiger partial charge in [-0.2, -0.15) is 5.26 Å². The van der Waals surface area contributed by atoms with Gasteiger partial charge in [0.05, 0.1) is 23.7 Å². The first-order valence-corrected chi connectivity index (χ1v) is 4.55. The third kappa shape index (κ3) is 2.52. The number of nitrogens with zero attached hydrogens (tertiary/aromatic N) is 1. The minimum atomic E-state index is -1.08. The molecule has 0 aliphatic carbocycles. The molecular formula is C12H10N2O2. The number of nitrogens with two attached hydrogens (primary N) is 1. The van der Waals surface area contributed by atoms with E-state index >= 15 is 0 Å². The van der Waals surface area contributed by atoms with Crippen LogP contribution < -0.4 is 5.73 Å². The molecule has 16 heavy (non-hydrogen) atoms. The van der Waals surface area contributed by atoms with Crippen LogP contribution in [0.1, 0.15) is 27.9 Å². The molecule has 1 aromatic carbocycles. The van der Waals surface area contributed by atoms with Crippen LogP contribution in [0.4, 0.5) is 5.69 Å². The van der Waals surface area contributed by atoms with Gasteiger partial charge in [0, 0.05) is 5.56 Å². The van der Waals surface area contributed by atoms with Gasteiger partial charge in [0.2, 0.25) is 0 Å². The van der Waals surface area contributed by atoms with E-state index in [1.54, 1.807) is 13.0 Å². The van der Waals surface area contributed by atoms with Gasteiger partial charge in [-0.1, -0.05) is 11.8 Å². The zero-order chi connectivity index (χ0) is 12.1. The van der Waals surface area contributed by atoms with Crippen LogP contribution in [0, 0.1) is 30.1 Å². The molecule has 4 nitrogen and oxygen atoms in total. The minimum absolute atomic E-state index is 0.0428. The highest BCUT2D eigenvalue weighted by atomic mass is 16.4. The van der Waals surface area contributed by atoms with Crippen LogP contribution in [0.3, 0.4) is 0 Å². The fourth-order valence-electron chi connectivity index (χ4n) is 1.26. The number of carbonyl (C=O) groups is 1. The van der Waals surface area contributed by atoms with E-state index in [-0.39, 0.29) is 17.7 Å². The van der Waals surface area contributed by atoms with E-state index in [0.29, 0.717) is 5.56 Å². The van der Waals surface area contributed by atoms with E-state index in [1.165, 1.54) is 6.07 Å². The van der Waals surface area contributed by atoms with E-state index in [9.17, 15) is 4.79 Å². The topological polar surface area (TPSA) is 87.1 Å². The Labute approximate surface area is 93.3 Å². The summed E-state index contributed by atoms with van der Waals surface area (Å²) in [6.07, 6.45) is 0.0930. The normalized spacial score (nSPS) is 8.75. The molecule has 0 amide bonds. The lowest BCUT2D eigenvalue weighted by Crippen LogP contribution is -2.05. The molecule has 0 radical (unpaired) electrons. The Hall–Kier alpha value is -2.46. The molecule has 0 spiro atoms. The van der Waals surface area contributed by atoms with E-state index in [4.69, 9.17) is 16.1 Å². The first-order chi connectivity index (χ1) is 7.56. The lowest BCUT2D eigenvalue weighted by Gasteiger charge is -2.05. The third-order valence-electron chi connectivity index (χ3n) is 1.95. The number of carboxylic acids is 1. The van der Waals surface area contributed by atoms with Crippen LogP contribution in [0.5, 0.6) is 0 Å². The van der Waals surface area contributed by atoms with Crippen molar-refractivity contribution < 1.29 is 9.90 Å². The van der Waals surface area contributed by atoms with Gasteiger partial charge in [0.1, 0.15) is 0 Å². The predicted octanol–water partition coefficient (Wildman–Crippen LogP) is 1.54. The average molecular weight is 214 g/mol. The van der Waals surface area contributed by atoms with E-state index in [2.05, 4.69) is 11.8 Å². The van der Waals surface area contributed by atoms with Crippen LogP contribution in [-0.2, 0) is 0 Å². The fourth-order valence-corrected chi connectivity index (χ4v) is 1.26. The third-order valence-corrected chi connectivity index (χ3v) is 1.95. The van der Waals surface area contributed by atoms with Gasteiger partial charge < -0.3 is 10.8 Å². The molecule has 80 valence electrons. The van der Waals surface area contributed by atoms with Gasteiger partial charge in [-0.05, 0) is 24.6 Å². The van der Waals surface area contributed by atoms with Gasteiger partial charge in [0.15, 0.2) is 0 Å². The molecule has 1 aromatic rings. The highest BCUT2D eigenvalue weighted by Gasteiger charge is 2.11. The highest BCUT2D eigenvalue weighted by Crippen LogP contribution is 2.19. The van der Waals surface area contributed by atoms with Crippen molar-refractivity contribution in [3.63, 3.8) is 0 Å². The Kier molecular flexibility index (Phi) is 3.53. The molecule has 0 aromatic heterocycles. The number of anilines is 1. The maximum Gasteiger partial charge on any atom is 0.337 e. The maximum atomic E-state index is 10.9. The number of hydrogen-bond acceptors (Lipinski definition) is 3. The number of aromatic carboxylic acids is 1. The number of benzene rings is 1. The largest absolute Gasteiger partial charge is 0.478 e. The minimum Gasteiger partial charge on any atom is -0.478 e.